The predicted molar refractivity (Wildman–Crippen MR) is 141 cm³/mol. The zero-order chi connectivity index (χ0) is 28.3. The summed E-state index contributed by atoms with van der Waals surface area (Å²) < 4.78 is 54.9. The SMILES string of the molecule is O=C(O)CCC12CC(NC(=O)c3cc(-c4cccc(F)c4)cc4ccn(Cc5ccc(C(F)(F)F)cc5)c34)(C1)C2. The zero-order valence-electron chi connectivity index (χ0n) is 21.4. The van der Waals surface area contributed by atoms with Crippen molar-refractivity contribution in [1.82, 2.24) is 9.88 Å². The van der Waals surface area contributed by atoms with Crippen molar-refractivity contribution in [3.05, 3.63) is 95.4 Å². The molecule has 206 valence electrons. The third kappa shape index (κ3) is 4.74. The van der Waals surface area contributed by atoms with Gasteiger partial charge in [-0.3, -0.25) is 9.59 Å². The van der Waals surface area contributed by atoms with Gasteiger partial charge >= 0.3 is 12.1 Å². The number of carboxylic acids is 1. The van der Waals surface area contributed by atoms with Gasteiger partial charge < -0.3 is 15.0 Å². The van der Waals surface area contributed by atoms with E-state index < -0.39 is 23.5 Å². The van der Waals surface area contributed by atoms with Crippen molar-refractivity contribution < 1.29 is 32.3 Å². The summed E-state index contributed by atoms with van der Waals surface area (Å²) in [7, 11) is 0. The van der Waals surface area contributed by atoms with Gasteiger partial charge in [0.15, 0.2) is 0 Å². The Kier molecular flexibility index (Phi) is 6.01. The standard InChI is InChI=1S/C31H26F4N2O3/c32-24-3-1-2-20(13-24)22-12-21-9-11-37(15-19-4-6-23(7-5-19)31(33,34)35)27(21)25(14-22)28(40)36-30-16-29(17-30,18-30)10-8-26(38)39/h1-7,9,11-14H,8,10,15-18H2,(H,36,40)(H,38,39). The fourth-order valence-electron chi connectivity index (χ4n) is 6.56. The average molecular weight is 551 g/mol. The van der Waals surface area contributed by atoms with Crippen molar-refractivity contribution in [2.75, 3.05) is 0 Å². The molecule has 9 heteroatoms. The number of carbonyl (C=O) groups excluding carboxylic acids is 1. The van der Waals surface area contributed by atoms with Gasteiger partial charge in [0.25, 0.3) is 5.91 Å². The number of rotatable bonds is 8. The van der Waals surface area contributed by atoms with Gasteiger partial charge in [0.05, 0.1) is 16.6 Å². The second kappa shape index (κ2) is 9.21. The van der Waals surface area contributed by atoms with Crippen molar-refractivity contribution in [3.63, 3.8) is 0 Å². The van der Waals surface area contributed by atoms with Crippen molar-refractivity contribution in [1.29, 1.82) is 0 Å². The van der Waals surface area contributed by atoms with Gasteiger partial charge in [-0.25, -0.2) is 4.39 Å². The summed E-state index contributed by atoms with van der Waals surface area (Å²) in [5.41, 5.74) is 1.83. The summed E-state index contributed by atoms with van der Waals surface area (Å²) in [5, 5.41) is 12.9. The summed E-state index contributed by atoms with van der Waals surface area (Å²) in [6, 6.07) is 16.5. The first-order valence-electron chi connectivity index (χ1n) is 13.0. The summed E-state index contributed by atoms with van der Waals surface area (Å²) in [6.07, 6.45) is 0.267. The molecular weight excluding hydrogens is 524 g/mol. The Labute approximate surface area is 227 Å². The number of carbonyl (C=O) groups is 2. The minimum absolute atomic E-state index is 0.0206. The van der Waals surface area contributed by atoms with Crippen LogP contribution in [0.3, 0.4) is 0 Å². The van der Waals surface area contributed by atoms with Crippen LogP contribution in [0.2, 0.25) is 0 Å². The molecule has 40 heavy (non-hydrogen) atoms. The van der Waals surface area contributed by atoms with Crippen molar-refractivity contribution in [2.24, 2.45) is 5.41 Å². The maximum absolute atomic E-state index is 14.0. The van der Waals surface area contributed by atoms with E-state index in [4.69, 9.17) is 5.11 Å². The van der Waals surface area contributed by atoms with Crippen LogP contribution >= 0.6 is 0 Å². The van der Waals surface area contributed by atoms with Crippen LogP contribution in [0.25, 0.3) is 22.0 Å². The first-order chi connectivity index (χ1) is 18.9. The molecule has 0 atom stereocenters. The average Bonchev–Trinajstić information content (AvgIpc) is 3.26. The number of benzene rings is 3. The van der Waals surface area contributed by atoms with E-state index in [9.17, 15) is 27.2 Å². The zero-order valence-corrected chi connectivity index (χ0v) is 21.4. The fourth-order valence-corrected chi connectivity index (χ4v) is 6.56. The van der Waals surface area contributed by atoms with Crippen LogP contribution in [0.1, 0.15) is 53.6 Å². The Morgan fingerprint density at radius 3 is 2.33 bits per heavy atom. The van der Waals surface area contributed by atoms with Crippen molar-refractivity contribution >= 4 is 22.8 Å². The third-order valence-electron chi connectivity index (χ3n) is 8.29. The summed E-state index contributed by atoms with van der Waals surface area (Å²) in [4.78, 5) is 24.7. The first kappa shape index (κ1) is 26.1. The van der Waals surface area contributed by atoms with Crippen LogP contribution in [-0.2, 0) is 17.5 Å². The summed E-state index contributed by atoms with van der Waals surface area (Å²) in [6.45, 7) is 0.255. The van der Waals surface area contributed by atoms with E-state index in [2.05, 4.69) is 5.32 Å². The lowest BCUT2D eigenvalue weighted by molar-refractivity contribution is -0.161. The number of nitrogens with one attached hydrogen (secondary N) is 1. The second-order valence-electron chi connectivity index (χ2n) is 11.3. The van der Waals surface area contributed by atoms with Gasteiger partial charge in [-0.2, -0.15) is 13.2 Å². The van der Waals surface area contributed by atoms with Crippen molar-refractivity contribution in [3.8, 4) is 11.1 Å². The second-order valence-corrected chi connectivity index (χ2v) is 11.3. The molecule has 3 aliphatic rings. The van der Waals surface area contributed by atoms with Gasteiger partial charge in [0, 0.05) is 30.1 Å². The number of aliphatic carboxylic acids is 1. The molecule has 0 unspecified atom stereocenters. The Hall–Kier alpha value is -4.14. The van der Waals surface area contributed by atoms with Crippen LogP contribution in [-0.4, -0.2) is 27.1 Å². The number of hydrogen-bond acceptors (Lipinski definition) is 2. The highest BCUT2D eigenvalue weighted by Crippen LogP contribution is 2.69. The number of amides is 1. The lowest BCUT2D eigenvalue weighted by Crippen LogP contribution is -2.74. The van der Waals surface area contributed by atoms with E-state index in [-0.39, 0.29) is 29.8 Å². The van der Waals surface area contributed by atoms with E-state index in [1.165, 1.54) is 24.3 Å². The number of fused-ring (bicyclic) bond motifs is 1. The molecule has 5 nitrogen and oxygen atoms in total. The van der Waals surface area contributed by atoms with E-state index in [0.29, 0.717) is 34.2 Å². The molecule has 0 radical (unpaired) electrons. The molecule has 2 N–H and O–H groups in total. The number of carboxylic acid groups (broad SMARTS) is 1. The molecule has 7 rings (SSSR count). The third-order valence-corrected chi connectivity index (χ3v) is 8.29. The van der Waals surface area contributed by atoms with E-state index >= 15 is 0 Å². The molecule has 3 aliphatic carbocycles. The molecule has 0 spiro atoms. The molecule has 2 bridgehead atoms. The summed E-state index contributed by atoms with van der Waals surface area (Å²) >= 11 is 0. The van der Waals surface area contributed by atoms with Gasteiger partial charge in [-0.05, 0) is 90.3 Å². The van der Waals surface area contributed by atoms with Crippen LogP contribution in [0.4, 0.5) is 17.6 Å². The molecule has 1 heterocycles. The highest BCUT2D eigenvalue weighted by molar-refractivity contribution is 6.08. The molecule has 0 saturated heterocycles. The normalized spacial score (nSPS) is 21.5. The maximum Gasteiger partial charge on any atom is 0.416 e. The molecule has 4 aromatic rings. The molecular formula is C31H26F4N2O3. The Balaban J connectivity index is 1.32. The minimum atomic E-state index is -4.43. The molecule has 3 fully saturated rings. The monoisotopic (exact) mass is 550 g/mol. The molecule has 0 aliphatic heterocycles. The van der Waals surface area contributed by atoms with Crippen LogP contribution < -0.4 is 5.32 Å². The van der Waals surface area contributed by atoms with E-state index in [1.54, 1.807) is 24.4 Å². The predicted octanol–water partition coefficient (Wildman–Crippen LogP) is 7.03. The van der Waals surface area contributed by atoms with Crippen LogP contribution in [0, 0.1) is 11.2 Å². The fraction of sp³-hybridized carbons (Fsp3) is 0.290. The minimum Gasteiger partial charge on any atom is -0.481 e. The smallest absolute Gasteiger partial charge is 0.416 e. The van der Waals surface area contributed by atoms with Crippen LogP contribution in [0.15, 0.2) is 72.9 Å². The quantitative estimate of drug-likeness (QED) is 0.231. The van der Waals surface area contributed by atoms with Gasteiger partial charge in [-0.15, -0.1) is 0 Å². The molecule has 3 saturated carbocycles. The van der Waals surface area contributed by atoms with E-state index in [1.807, 2.05) is 16.7 Å². The van der Waals surface area contributed by atoms with Gasteiger partial charge in [0.2, 0.25) is 0 Å². The molecule has 1 amide bonds. The number of aromatic nitrogens is 1. The Morgan fingerprint density at radius 2 is 1.68 bits per heavy atom. The van der Waals surface area contributed by atoms with Crippen molar-refractivity contribution in [2.45, 2.75) is 50.4 Å². The van der Waals surface area contributed by atoms with Crippen LogP contribution in [0.5, 0.6) is 0 Å². The number of nitrogens with zero attached hydrogens (tertiary/aromatic N) is 1. The Bertz CT molecular complexity index is 1620. The lowest BCUT2D eigenvalue weighted by atomic mass is 9.38. The summed E-state index contributed by atoms with van der Waals surface area (Å²) in [5.74, 6) is -1.51. The number of halogens is 4. The highest BCUT2D eigenvalue weighted by Gasteiger charge is 2.67. The first-order valence-corrected chi connectivity index (χ1v) is 13.0. The van der Waals surface area contributed by atoms with Gasteiger partial charge in [0.1, 0.15) is 5.82 Å². The number of hydrogen-bond donors (Lipinski definition) is 2. The Morgan fingerprint density at radius 1 is 0.950 bits per heavy atom. The molecule has 3 aromatic carbocycles. The molecule has 1 aromatic heterocycles. The maximum atomic E-state index is 14.0. The largest absolute Gasteiger partial charge is 0.481 e. The number of alkyl halides is 3. The lowest BCUT2D eigenvalue weighted by Gasteiger charge is -2.71. The highest BCUT2D eigenvalue weighted by atomic mass is 19.4. The topological polar surface area (TPSA) is 71.3 Å². The van der Waals surface area contributed by atoms with E-state index in [0.717, 1.165) is 36.8 Å². The van der Waals surface area contributed by atoms with Gasteiger partial charge in [-0.1, -0.05) is 24.3 Å².